The van der Waals surface area contributed by atoms with Crippen molar-refractivity contribution in [3.8, 4) is 0 Å². The minimum absolute atomic E-state index is 0.00872. The molecule has 3 aliphatic heterocycles. The van der Waals surface area contributed by atoms with Gasteiger partial charge in [0, 0.05) is 45.3 Å². The highest BCUT2D eigenvalue weighted by molar-refractivity contribution is 7.86. The molecule has 0 unspecified atom stereocenters. The molecule has 0 N–H and O–H groups in total. The number of piperidine rings is 2. The van der Waals surface area contributed by atoms with E-state index in [4.69, 9.17) is 0 Å². The van der Waals surface area contributed by atoms with Crippen LogP contribution >= 0.6 is 0 Å². The van der Waals surface area contributed by atoms with Gasteiger partial charge in [-0.1, -0.05) is 33.6 Å². The summed E-state index contributed by atoms with van der Waals surface area (Å²) in [5.41, 5.74) is 0. The highest BCUT2D eigenvalue weighted by Crippen LogP contribution is 2.43. The average Bonchev–Trinajstić information content (AvgIpc) is 3.18. The van der Waals surface area contributed by atoms with Gasteiger partial charge in [0.15, 0.2) is 0 Å². The summed E-state index contributed by atoms with van der Waals surface area (Å²) in [5.74, 6) is 1.07. The first-order valence-electron chi connectivity index (χ1n) is 13.0. The summed E-state index contributed by atoms with van der Waals surface area (Å²) in [6.07, 6.45) is 7.87. The summed E-state index contributed by atoms with van der Waals surface area (Å²) in [4.78, 5) is 18.1. The molecule has 4 rings (SSSR count). The van der Waals surface area contributed by atoms with Crippen LogP contribution < -0.4 is 0 Å². The third-order valence-corrected chi connectivity index (χ3v) is 10.7. The molecular formula is C24H44N4O3S. The van der Waals surface area contributed by atoms with Crippen LogP contribution in [0.25, 0.3) is 0 Å². The quantitative estimate of drug-likeness (QED) is 0.622. The highest BCUT2D eigenvalue weighted by atomic mass is 32.2. The van der Waals surface area contributed by atoms with Crippen molar-refractivity contribution in [1.82, 2.24) is 18.4 Å². The molecule has 1 saturated carbocycles. The monoisotopic (exact) mass is 468 g/mol. The van der Waals surface area contributed by atoms with Gasteiger partial charge in [-0.2, -0.15) is 17.0 Å². The Morgan fingerprint density at radius 1 is 0.969 bits per heavy atom. The van der Waals surface area contributed by atoms with Crippen LogP contribution in [0.2, 0.25) is 0 Å². The maximum absolute atomic E-state index is 14.0. The van der Waals surface area contributed by atoms with E-state index in [2.05, 4.69) is 25.7 Å². The Bertz CT molecular complexity index is 757. The fourth-order valence-corrected chi connectivity index (χ4v) is 9.20. The van der Waals surface area contributed by atoms with Gasteiger partial charge in [-0.3, -0.25) is 4.79 Å². The molecule has 184 valence electrons. The minimum atomic E-state index is -3.66. The normalized spacial score (nSPS) is 36.2. The Morgan fingerprint density at radius 2 is 1.59 bits per heavy atom. The van der Waals surface area contributed by atoms with E-state index in [0.29, 0.717) is 37.3 Å². The molecule has 0 aromatic rings. The van der Waals surface area contributed by atoms with Crippen LogP contribution in [0.3, 0.4) is 0 Å². The summed E-state index contributed by atoms with van der Waals surface area (Å²) < 4.78 is 31.4. The van der Waals surface area contributed by atoms with Gasteiger partial charge in [-0.25, -0.2) is 0 Å². The van der Waals surface area contributed by atoms with E-state index in [9.17, 15) is 13.2 Å². The van der Waals surface area contributed by atoms with E-state index in [1.807, 2.05) is 11.9 Å². The number of carbonyl (C=O) groups excluding carboxylic acids is 1. The van der Waals surface area contributed by atoms with Crippen molar-refractivity contribution < 1.29 is 13.2 Å². The lowest BCUT2D eigenvalue weighted by atomic mass is 9.85. The summed E-state index contributed by atoms with van der Waals surface area (Å²) in [5, 5.41) is 0. The zero-order valence-corrected chi connectivity index (χ0v) is 21.4. The van der Waals surface area contributed by atoms with Crippen molar-refractivity contribution in [2.24, 2.45) is 17.8 Å². The predicted molar refractivity (Wildman–Crippen MR) is 127 cm³/mol. The summed E-state index contributed by atoms with van der Waals surface area (Å²) in [7, 11) is -1.75. The molecule has 0 aromatic heterocycles. The number of carbonyl (C=O) groups is 1. The standard InChI is InChI=1S/C24H44N4O3S/c1-5-26-12-10-21(11-13-26)25(4)24(29)23-15-20-8-6-7-9-22(20)28(23)32(30,31)27-16-18(2)14-19(3)17-27/h18-23H,5-17H2,1-4H3/t18-,19-,20+,22+,23+/m1/s1. The second-order valence-corrected chi connectivity index (χ2v) is 12.9. The first kappa shape index (κ1) is 24.4. The zero-order valence-electron chi connectivity index (χ0n) is 20.6. The molecule has 0 spiro atoms. The summed E-state index contributed by atoms with van der Waals surface area (Å²) in [6, 6.07) is -0.326. The fraction of sp³-hybridized carbons (Fsp3) is 0.958. The number of hydrogen-bond donors (Lipinski definition) is 0. The molecule has 1 aliphatic carbocycles. The molecule has 32 heavy (non-hydrogen) atoms. The summed E-state index contributed by atoms with van der Waals surface area (Å²) in [6.45, 7) is 10.7. The Morgan fingerprint density at radius 3 is 2.22 bits per heavy atom. The SMILES string of the molecule is CCN1CCC(N(C)C(=O)[C@@H]2C[C@@H]3CCCC[C@@H]3N2S(=O)(=O)N2C[C@H](C)C[C@@H](C)C2)CC1. The lowest BCUT2D eigenvalue weighted by molar-refractivity contribution is -0.136. The number of likely N-dealkylation sites (tertiary alicyclic amines) is 1. The highest BCUT2D eigenvalue weighted by Gasteiger charge is 2.53. The Kier molecular flexibility index (Phi) is 7.54. The lowest BCUT2D eigenvalue weighted by Crippen LogP contribution is -2.58. The van der Waals surface area contributed by atoms with Crippen LogP contribution in [0.4, 0.5) is 0 Å². The molecule has 7 nitrogen and oxygen atoms in total. The molecule has 8 heteroatoms. The number of fused-ring (bicyclic) bond motifs is 1. The van der Waals surface area contributed by atoms with E-state index in [1.165, 1.54) is 0 Å². The number of rotatable bonds is 5. The van der Waals surface area contributed by atoms with E-state index in [0.717, 1.165) is 64.6 Å². The van der Waals surface area contributed by atoms with Crippen molar-refractivity contribution in [3.05, 3.63) is 0 Å². The first-order chi connectivity index (χ1) is 15.2. The molecule has 0 aromatic carbocycles. The van der Waals surface area contributed by atoms with Crippen LogP contribution in [-0.4, -0.2) is 90.6 Å². The van der Waals surface area contributed by atoms with E-state index in [-0.39, 0.29) is 18.0 Å². The van der Waals surface area contributed by atoms with Gasteiger partial charge in [-0.05, 0) is 62.8 Å². The van der Waals surface area contributed by atoms with E-state index >= 15 is 0 Å². The third-order valence-electron chi connectivity index (χ3n) is 8.64. The molecule has 3 saturated heterocycles. The van der Waals surface area contributed by atoms with Gasteiger partial charge in [0.2, 0.25) is 5.91 Å². The molecule has 1 amide bonds. The van der Waals surface area contributed by atoms with Crippen LogP contribution in [0.1, 0.15) is 72.1 Å². The van der Waals surface area contributed by atoms with Gasteiger partial charge >= 0.3 is 0 Å². The van der Waals surface area contributed by atoms with E-state index < -0.39 is 16.3 Å². The first-order valence-corrected chi connectivity index (χ1v) is 14.4. The Balaban J connectivity index is 1.56. The second kappa shape index (κ2) is 9.88. The molecule has 3 heterocycles. The molecule has 4 fully saturated rings. The van der Waals surface area contributed by atoms with Crippen LogP contribution in [-0.2, 0) is 15.0 Å². The number of nitrogens with zero attached hydrogens (tertiary/aromatic N) is 4. The molecule has 4 aliphatic rings. The lowest BCUT2D eigenvalue weighted by Gasteiger charge is -2.42. The second-order valence-electron chi connectivity index (χ2n) is 11.1. The average molecular weight is 469 g/mol. The van der Waals surface area contributed by atoms with Crippen LogP contribution in [0.5, 0.6) is 0 Å². The number of amides is 1. The topological polar surface area (TPSA) is 64.2 Å². The van der Waals surface area contributed by atoms with Crippen molar-refractivity contribution >= 4 is 16.1 Å². The van der Waals surface area contributed by atoms with Gasteiger partial charge in [0.1, 0.15) is 6.04 Å². The van der Waals surface area contributed by atoms with Crippen molar-refractivity contribution in [1.29, 1.82) is 0 Å². The predicted octanol–water partition coefficient (Wildman–Crippen LogP) is 2.78. The number of hydrogen-bond acceptors (Lipinski definition) is 4. The molecular weight excluding hydrogens is 424 g/mol. The molecule has 5 atom stereocenters. The smallest absolute Gasteiger partial charge is 0.282 e. The summed E-state index contributed by atoms with van der Waals surface area (Å²) >= 11 is 0. The van der Waals surface area contributed by atoms with Crippen molar-refractivity contribution in [2.75, 3.05) is 39.8 Å². The van der Waals surface area contributed by atoms with Crippen LogP contribution in [0, 0.1) is 17.8 Å². The number of likely N-dealkylation sites (N-methyl/N-ethyl adjacent to an activating group) is 1. The fourth-order valence-electron chi connectivity index (χ4n) is 6.93. The van der Waals surface area contributed by atoms with E-state index in [1.54, 1.807) is 8.61 Å². The van der Waals surface area contributed by atoms with Crippen LogP contribution in [0.15, 0.2) is 0 Å². The minimum Gasteiger partial charge on any atom is -0.341 e. The molecule has 0 radical (unpaired) electrons. The van der Waals surface area contributed by atoms with Gasteiger partial charge in [0.25, 0.3) is 10.2 Å². The van der Waals surface area contributed by atoms with Gasteiger partial charge < -0.3 is 9.80 Å². The van der Waals surface area contributed by atoms with Gasteiger partial charge in [0.05, 0.1) is 0 Å². The Hall–Kier alpha value is -0.700. The largest absolute Gasteiger partial charge is 0.341 e. The third kappa shape index (κ3) is 4.75. The molecule has 0 bridgehead atoms. The van der Waals surface area contributed by atoms with Gasteiger partial charge in [-0.15, -0.1) is 0 Å². The van der Waals surface area contributed by atoms with Crippen molar-refractivity contribution in [2.45, 2.75) is 90.3 Å². The zero-order chi connectivity index (χ0) is 23.0. The van der Waals surface area contributed by atoms with Crippen molar-refractivity contribution in [3.63, 3.8) is 0 Å². The maximum atomic E-state index is 14.0. The maximum Gasteiger partial charge on any atom is 0.282 e. The Labute approximate surface area is 195 Å².